The van der Waals surface area contributed by atoms with Gasteiger partial charge in [-0.15, -0.1) is 11.3 Å². The summed E-state index contributed by atoms with van der Waals surface area (Å²) in [5.41, 5.74) is 2.16. The molecule has 2 aromatic rings. The molecule has 0 aliphatic rings. The maximum absolute atomic E-state index is 11.2. The maximum atomic E-state index is 11.2. The van der Waals surface area contributed by atoms with E-state index in [4.69, 9.17) is 4.74 Å². The Morgan fingerprint density at radius 2 is 2.22 bits per heavy atom. The Kier molecular flexibility index (Phi) is 4.31. The highest BCUT2D eigenvalue weighted by Crippen LogP contribution is 2.25. The van der Waals surface area contributed by atoms with Crippen molar-refractivity contribution in [2.45, 2.75) is 6.92 Å². The molecular formula is C15H14O2S. The average molecular weight is 258 g/mol. The zero-order valence-corrected chi connectivity index (χ0v) is 10.9. The summed E-state index contributed by atoms with van der Waals surface area (Å²) in [5, 5.41) is 2.05. The second-order valence-corrected chi connectivity index (χ2v) is 4.64. The average Bonchev–Trinajstić information content (AvgIpc) is 2.91. The Morgan fingerprint density at radius 1 is 1.33 bits per heavy atom. The fourth-order valence-corrected chi connectivity index (χ4v) is 2.32. The summed E-state index contributed by atoms with van der Waals surface area (Å²) in [4.78, 5) is 12.4. The lowest BCUT2D eigenvalue weighted by molar-refractivity contribution is -0.137. The molecule has 2 rings (SSSR count). The number of ether oxygens (including phenoxy) is 1. The first-order valence-electron chi connectivity index (χ1n) is 5.78. The van der Waals surface area contributed by atoms with Gasteiger partial charge in [0.25, 0.3) is 0 Å². The van der Waals surface area contributed by atoms with Crippen LogP contribution in [0.1, 0.15) is 12.5 Å². The molecule has 0 aliphatic heterocycles. The number of carbonyl (C=O) groups is 1. The predicted molar refractivity (Wildman–Crippen MR) is 75.4 cm³/mol. The number of esters is 1. The Balaban J connectivity index is 2.15. The maximum Gasteiger partial charge on any atom is 0.330 e. The van der Waals surface area contributed by atoms with Crippen molar-refractivity contribution in [1.82, 2.24) is 0 Å². The molecule has 3 heteroatoms. The van der Waals surface area contributed by atoms with Crippen LogP contribution < -0.4 is 0 Å². The summed E-state index contributed by atoms with van der Waals surface area (Å²) in [6.45, 7) is 2.20. The van der Waals surface area contributed by atoms with E-state index < -0.39 is 0 Å². The fourth-order valence-electron chi connectivity index (χ4n) is 1.59. The lowest BCUT2D eigenvalue weighted by atomic mass is 10.1. The summed E-state index contributed by atoms with van der Waals surface area (Å²) < 4.78 is 4.84. The van der Waals surface area contributed by atoms with E-state index in [1.54, 1.807) is 24.3 Å². The van der Waals surface area contributed by atoms with E-state index in [1.807, 2.05) is 18.2 Å². The highest BCUT2D eigenvalue weighted by molar-refractivity contribution is 7.13. The van der Waals surface area contributed by atoms with Gasteiger partial charge in [-0.3, -0.25) is 0 Å². The molecule has 1 heterocycles. The minimum atomic E-state index is -0.306. The largest absolute Gasteiger partial charge is 0.463 e. The summed E-state index contributed by atoms with van der Waals surface area (Å²) in [6, 6.07) is 12.2. The van der Waals surface area contributed by atoms with Gasteiger partial charge in [-0.2, -0.15) is 0 Å². The Morgan fingerprint density at radius 3 is 2.94 bits per heavy atom. The van der Waals surface area contributed by atoms with Crippen molar-refractivity contribution >= 4 is 23.4 Å². The standard InChI is InChI=1S/C15H14O2S/c1-2-17-15(16)9-8-12-5-3-6-13(11-12)14-7-4-10-18-14/h3-11H,2H2,1H3/b9-8+. The number of carbonyl (C=O) groups excluding carboxylic acids is 1. The first-order valence-corrected chi connectivity index (χ1v) is 6.66. The zero-order valence-electron chi connectivity index (χ0n) is 10.1. The molecule has 1 aromatic heterocycles. The third-order valence-corrected chi connectivity index (χ3v) is 3.31. The van der Waals surface area contributed by atoms with Gasteiger partial charge < -0.3 is 4.74 Å². The first-order chi connectivity index (χ1) is 8.79. The van der Waals surface area contributed by atoms with Gasteiger partial charge >= 0.3 is 5.97 Å². The molecule has 0 bridgehead atoms. The lowest BCUT2D eigenvalue weighted by Crippen LogP contribution is -1.98. The number of benzene rings is 1. The molecule has 0 saturated carbocycles. The van der Waals surface area contributed by atoms with Gasteiger partial charge in [0.05, 0.1) is 6.61 Å². The first kappa shape index (κ1) is 12.6. The Hall–Kier alpha value is -1.87. The van der Waals surface area contributed by atoms with E-state index in [9.17, 15) is 4.79 Å². The van der Waals surface area contributed by atoms with Crippen LogP contribution in [-0.4, -0.2) is 12.6 Å². The minimum Gasteiger partial charge on any atom is -0.463 e. The van der Waals surface area contributed by atoms with E-state index >= 15 is 0 Å². The van der Waals surface area contributed by atoms with Crippen LogP contribution in [0.3, 0.4) is 0 Å². The van der Waals surface area contributed by atoms with Crippen LogP contribution in [0.4, 0.5) is 0 Å². The van der Waals surface area contributed by atoms with Crippen LogP contribution >= 0.6 is 11.3 Å². The quantitative estimate of drug-likeness (QED) is 0.612. The van der Waals surface area contributed by atoms with Gasteiger partial charge in [-0.1, -0.05) is 24.3 Å². The van der Waals surface area contributed by atoms with E-state index in [-0.39, 0.29) is 5.97 Å². The van der Waals surface area contributed by atoms with Crippen molar-refractivity contribution < 1.29 is 9.53 Å². The molecule has 0 aliphatic carbocycles. The Bertz CT molecular complexity index is 541. The van der Waals surface area contributed by atoms with Crippen molar-refractivity contribution in [1.29, 1.82) is 0 Å². The number of thiophene rings is 1. The molecule has 0 unspecified atom stereocenters. The molecule has 1 aromatic carbocycles. The number of hydrogen-bond acceptors (Lipinski definition) is 3. The van der Waals surface area contributed by atoms with Crippen LogP contribution in [0.25, 0.3) is 16.5 Å². The summed E-state index contributed by atoms with van der Waals surface area (Å²) in [5.74, 6) is -0.306. The third-order valence-electron chi connectivity index (χ3n) is 2.39. The molecule has 2 nitrogen and oxygen atoms in total. The highest BCUT2D eigenvalue weighted by atomic mass is 32.1. The van der Waals surface area contributed by atoms with Gasteiger partial charge in [0, 0.05) is 11.0 Å². The summed E-state index contributed by atoms with van der Waals surface area (Å²) in [7, 11) is 0. The summed E-state index contributed by atoms with van der Waals surface area (Å²) >= 11 is 1.70. The molecule has 92 valence electrons. The fraction of sp³-hybridized carbons (Fsp3) is 0.133. The van der Waals surface area contributed by atoms with Gasteiger partial charge in [0.1, 0.15) is 0 Å². The zero-order chi connectivity index (χ0) is 12.8. The lowest BCUT2D eigenvalue weighted by Gasteiger charge is -1.99. The van der Waals surface area contributed by atoms with E-state index in [0.29, 0.717) is 6.61 Å². The molecular weight excluding hydrogens is 244 g/mol. The number of rotatable bonds is 4. The van der Waals surface area contributed by atoms with Crippen molar-refractivity contribution in [2.75, 3.05) is 6.61 Å². The van der Waals surface area contributed by atoms with E-state index in [2.05, 4.69) is 23.6 Å². The third kappa shape index (κ3) is 3.31. The topological polar surface area (TPSA) is 26.3 Å². The van der Waals surface area contributed by atoms with E-state index in [0.717, 1.165) is 11.1 Å². The van der Waals surface area contributed by atoms with Crippen molar-refractivity contribution in [2.24, 2.45) is 0 Å². The molecule has 0 radical (unpaired) electrons. The van der Waals surface area contributed by atoms with Crippen LogP contribution in [0.15, 0.2) is 47.9 Å². The van der Waals surface area contributed by atoms with Crippen molar-refractivity contribution in [3.05, 3.63) is 53.4 Å². The molecule has 0 saturated heterocycles. The Labute approximate surface area is 111 Å². The van der Waals surface area contributed by atoms with Crippen LogP contribution in [-0.2, 0) is 9.53 Å². The molecule has 18 heavy (non-hydrogen) atoms. The molecule has 0 atom stereocenters. The van der Waals surface area contributed by atoms with Gasteiger partial charge in [0.15, 0.2) is 0 Å². The molecule has 0 N–H and O–H groups in total. The monoisotopic (exact) mass is 258 g/mol. The predicted octanol–water partition coefficient (Wildman–Crippen LogP) is 3.99. The van der Waals surface area contributed by atoms with Gasteiger partial charge in [0.2, 0.25) is 0 Å². The van der Waals surface area contributed by atoms with E-state index in [1.165, 1.54) is 11.0 Å². The second kappa shape index (κ2) is 6.17. The van der Waals surface area contributed by atoms with Crippen molar-refractivity contribution in [3.63, 3.8) is 0 Å². The van der Waals surface area contributed by atoms with Crippen LogP contribution in [0, 0.1) is 0 Å². The number of hydrogen-bond donors (Lipinski definition) is 0. The van der Waals surface area contributed by atoms with Gasteiger partial charge in [-0.25, -0.2) is 4.79 Å². The van der Waals surface area contributed by atoms with Crippen LogP contribution in [0.2, 0.25) is 0 Å². The SMILES string of the molecule is CCOC(=O)/C=C/c1cccc(-c2cccs2)c1. The van der Waals surface area contributed by atoms with Gasteiger partial charge in [-0.05, 0) is 41.6 Å². The second-order valence-electron chi connectivity index (χ2n) is 3.69. The minimum absolute atomic E-state index is 0.306. The molecule has 0 spiro atoms. The molecule has 0 fully saturated rings. The molecule has 0 amide bonds. The van der Waals surface area contributed by atoms with Crippen LogP contribution in [0.5, 0.6) is 0 Å². The summed E-state index contributed by atoms with van der Waals surface area (Å²) in [6.07, 6.45) is 3.23. The smallest absolute Gasteiger partial charge is 0.330 e. The van der Waals surface area contributed by atoms with Crippen molar-refractivity contribution in [3.8, 4) is 10.4 Å². The highest BCUT2D eigenvalue weighted by Gasteiger charge is 1.99. The normalized spacial score (nSPS) is 10.7.